The zero-order chi connectivity index (χ0) is 28.9. The molecule has 5 N–H and O–H groups in total. The van der Waals surface area contributed by atoms with Crippen LogP contribution in [-0.4, -0.2) is 61.2 Å². The van der Waals surface area contributed by atoms with Gasteiger partial charge in [0.2, 0.25) is 5.91 Å². The fourth-order valence-electron chi connectivity index (χ4n) is 4.75. The number of rotatable bonds is 10. The Kier molecular flexibility index (Phi) is 8.55. The molecule has 5 rings (SSSR count). The molecule has 0 aliphatic carbocycles. The Bertz CT molecular complexity index is 1420. The average molecular weight is 582 g/mol. The number of hydrogen-bond acceptors (Lipinski definition) is 10. The first kappa shape index (κ1) is 28.2. The molecule has 1 fully saturated rings. The summed E-state index contributed by atoms with van der Waals surface area (Å²) in [5.41, 5.74) is 12.1. The Balaban J connectivity index is 1.61. The lowest BCUT2D eigenvalue weighted by atomic mass is 10.0. The Morgan fingerprint density at radius 1 is 1.12 bits per heavy atom. The van der Waals surface area contributed by atoms with Crippen molar-refractivity contribution in [3.8, 4) is 17.2 Å². The highest BCUT2D eigenvalue weighted by molar-refractivity contribution is 7.09. The molecule has 0 radical (unpaired) electrons. The molecule has 0 saturated carbocycles. The lowest BCUT2D eigenvalue weighted by molar-refractivity contribution is -0.123. The molecule has 0 unspecified atom stereocenters. The van der Waals surface area contributed by atoms with Gasteiger partial charge in [0.15, 0.2) is 17.2 Å². The van der Waals surface area contributed by atoms with Crippen molar-refractivity contribution >= 4 is 40.6 Å². The van der Waals surface area contributed by atoms with E-state index in [2.05, 4.69) is 9.69 Å². The Morgan fingerprint density at radius 3 is 2.54 bits per heavy atom. The van der Waals surface area contributed by atoms with Crippen LogP contribution in [0.4, 0.5) is 11.4 Å². The minimum atomic E-state index is -1.15. The average Bonchev–Trinajstić information content (AvgIpc) is 3.64. The molecule has 2 aliphatic rings. The monoisotopic (exact) mass is 581 g/mol. The Labute approximate surface area is 240 Å². The van der Waals surface area contributed by atoms with E-state index in [1.54, 1.807) is 42.5 Å². The molecule has 12 nitrogen and oxygen atoms in total. The first-order chi connectivity index (χ1) is 19.9. The van der Waals surface area contributed by atoms with Crippen LogP contribution in [0.3, 0.4) is 0 Å². The molecule has 0 spiro atoms. The fraction of sp³-hybridized carbons (Fsp3) is 0.357. The first-order valence-electron chi connectivity index (χ1n) is 13.3. The summed E-state index contributed by atoms with van der Waals surface area (Å²) in [5.74, 6) is -0.389. The van der Waals surface area contributed by atoms with Crippen molar-refractivity contribution in [2.45, 2.75) is 31.9 Å². The van der Waals surface area contributed by atoms with Gasteiger partial charge in [-0.1, -0.05) is 12.1 Å². The third-order valence-corrected chi connectivity index (χ3v) is 7.57. The van der Waals surface area contributed by atoms with Crippen molar-refractivity contribution in [3.05, 3.63) is 58.6 Å². The summed E-state index contributed by atoms with van der Waals surface area (Å²) in [5, 5.41) is 2.96. The minimum Gasteiger partial charge on any atom is -0.494 e. The van der Waals surface area contributed by atoms with Crippen LogP contribution in [0.5, 0.6) is 17.2 Å². The van der Waals surface area contributed by atoms with Gasteiger partial charge in [-0.3, -0.25) is 19.3 Å². The van der Waals surface area contributed by atoms with Crippen molar-refractivity contribution < 1.29 is 33.3 Å². The highest BCUT2D eigenvalue weighted by Crippen LogP contribution is 2.39. The zero-order valence-corrected chi connectivity index (χ0v) is 23.3. The summed E-state index contributed by atoms with van der Waals surface area (Å²) < 4.78 is 26.7. The number of carbonyl (C=O) groups is 3. The van der Waals surface area contributed by atoms with Crippen LogP contribution in [0.2, 0.25) is 0 Å². The van der Waals surface area contributed by atoms with Gasteiger partial charge >= 0.3 is 0 Å². The van der Waals surface area contributed by atoms with Gasteiger partial charge in [-0.05, 0) is 61.1 Å². The normalized spacial score (nSPS) is 16.6. The molecule has 13 heteroatoms. The van der Waals surface area contributed by atoms with Gasteiger partial charge in [0.05, 0.1) is 18.4 Å². The van der Waals surface area contributed by atoms with E-state index in [0.29, 0.717) is 54.9 Å². The molecule has 1 saturated heterocycles. The number of ether oxygens (including phenoxy) is 4. The van der Waals surface area contributed by atoms with E-state index in [9.17, 15) is 14.4 Å². The number of nitrogens with one attached hydrogen (secondary N) is 1. The van der Waals surface area contributed by atoms with Crippen LogP contribution >= 0.6 is 11.5 Å². The molecule has 3 aromatic rings. The summed E-state index contributed by atoms with van der Waals surface area (Å²) >= 11 is 0.737. The van der Waals surface area contributed by atoms with E-state index in [0.717, 1.165) is 24.4 Å². The van der Waals surface area contributed by atoms with E-state index >= 15 is 0 Å². The van der Waals surface area contributed by atoms with Crippen molar-refractivity contribution in [2.24, 2.45) is 5.73 Å². The molecule has 2 atom stereocenters. The van der Waals surface area contributed by atoms with Gasteiger partial charge in [0.25, 0.3) is 11.8 Å². The maximum absolute atomic E-state index is 14.3. The molecule has 1 aromatic heterocycles. The van der Waals surface area contributed by atoms with E-state index in [1.807, 2.05) is 6.92 Å². The number of anilines is 2. The predicted molar refractivity (Wildman–Crippen MR) is 152 cm³/mol. The van der Waals surface area contributed by atoms with Gasteiger partial charge in [-0.15, -0.1) is 0 Å². The van der Waals surface area contributed by atoms with Crippen molar-refractivity contribution in [1.29, 1.82) is 0 Å². The molecular formula is C28H31N5O7S. The second-order valence-corrected chi connectivity index (χ2v) is 10.2. The minimum absolute atomic E-state index is 0.0310. The van der Waals surface area contributed by atoms with Gasteiger partial charge in [-0.25, -0.2) is 0 Å². The van der Waals surface area contributed by atoms with E-state index in [1.165, 1.54) is 4.90 Å². The lowest BCUT2D eigenvalue weighted by Gasteiger charge is -2.32. The number of carbonyl (C=O) groups excluding carboxylic acids is 3. The van der Waals surface area contributed by atoms with Crippen LogP contribution in [0.15, 0.2) is 42.5 Å². The molecule has 41 heavy (non-hydrogen) atoms. The molecule has 216 valence electrons. The van der Waals surface area contributed by atoms with Crippen LogP contribution in [0.25, 0.3) is 0 Å². The molecule has 3 amide bonds. The molecular weight excluding hydrogens is 550 g/mol. The van der Waals surface area contributed by atoms with Gasteiger partial charge < -0.3 is 35.7 Å². The number of benzene rings is 2. The van der Waals surface area contributed by atoms with E-state index in [4.69, 9.17) is 30.4 Å². The van der Waals surface area contributed by atoms with Crippen molar-refractivity contribution in [3.63, 3.8) is 0 Å². The van der Waals surface area contributed by atoms with E-state index in [-0.39, 0.29) is 28.9 Å². The molecule has 2 aromatic carbocycles. The highest BCUT2D eigenvalue weighted by atomic mass is 32.1. The zero-order valence-electron chi connectivity index (χ0n) is 22.5. The number of fused-ring (bicyclic) bond motifs is 1. The number of nitrogen functional groups attached to an aromatic ring is 1. The number of nitrogens with two attached hydrogens (primary N) is 2. The lowest BCUT2D eigenvalue weighted by Crippen LogP contribution is -2.45. The molecule has 3 heterocycles. The summed E-state index contributed by atoms with van der Waals surface area (Å²) in [7, 11) is 0. The smallest absolute Gasteiger partial charge is 0.273 e. The topological polar surface area (TPSA) is 168 Å². The second kappa shape index (κ2) is 12.4. The summed E-state index contributed by atoms with van der Waals surface area (Å²) in [6.45, 7) is 3.99. The molecule has 2 aliphatic heterocycles. The van der Waals surface area contributed by atoms with Crippen LogP contribution in [0.1, 0.15) is 51.5 Å². The van der Waals surface area contributed by atoms with Gasteiger partial charge in [-0.2, -0.15) is 4.37 Å². The standard InChI is InChI=1S/C28H31N5O7S/c1-2-37-18-8-5-16(6-9-18)24(27(35)31-15-19-4-3-11-38-19)33(17-7-10-20-21(14-17)40-13-12-39-20)28(36)25-22(29)23(26(30)34)32-41-25/h5-10,14,19,24H,2-4,11-13,15,29H2,1H3,(H2,30,34)(H,31,35)/t19-,24-/m1/s1. The number of aromatic nitrogens is 1. The van der Waals surface area contributed by atoms with Crippen LogP contribution < -0.4 is 35.9 Å². The SMILES string of the molecule is CCOc1ccc([C@H](C(=O)NC[C@H]2CCCO2)N(C(=O)c2snc(C(N)=O)c2N)c2ccc3c(c2)OCCO3)cc1. The quantitative estimate of drug-likeness (QED) is 0.326. The maximum Gasteiger partial charge on any atom is 0.273 e. The predicted octanol–water partition coefficient (Wildman–Crippen LogP) is 2.68. The van der Waals surface area contributed by atoms with Crippen molar-refractivity contribution in [1.82, 2.24) is 9.69 Å². The number of amides is 3. The van der Waals surface area contributed by atoms with Crippen LogP contribution in [0, 0.1) is 0 Å². The number of hydrogen-bond donors (Lipinski definition) is 3. The summed E-state index contributed by atoms with van der Waals surface area (Å²) in [6.07, 6.45) is 1.62. The Morgan fingerprint density at radius 2 is 1.88 bits per heavy atom. The van der Waals surface area contributed by atoms with Crippen LogP contribution in [-0.2, 0) is 9.53 Å². The number of primary amides is 1. The summed E-state index contributed by atoms with van der Waals surface area (Å²) in [6, 6.07) is 10.7. The third kappa shape index (κ3) is 6.05. The maximum atomic E-state index is 14.3. The van der Waals surface area contributed by atoms with E-state index < -0.39 is 23.8 Å². The summed E-state index contributed by atoms with van der Waals surface area (Å²) in [4.78, 5) is 41.4. The van der Waals surface area contributed by atoms with Gasteiger partial charge in [0.1, 0.15) is 29.9 Å². The van der Waals surface area contributed by atoms with Crippen molar-refractivity contribution in [2.75, 3.05) is 43.6 Å². The first-order valence-corrected chi connectivity index (χ1v) is 14.0. The number of nitrogens with zero attached hydrogens (tertiary/aromatic N) is 2. The third-order valence-electron chi connectivity index (χ3n) is 6.72. The molecule has 0 bridgehead atoms. The fourth-order valence-corrected chi connectivity index (χ4v) is 5.49. The highest BCUT2D eigenvalue weighted by Gasteiger charge is 2.37. The largest absolute Gasteiger partial charge is 0.494 e. The second-order valence-electron chi connectivity index (χ2n) is 9.43. The van der Waals surface area contributed by atoms with Gasteiger partial charge in [0, 0.05) is 24.9 Å². The Hall–Kier alpha value is -4.36.